The average Bonchev–Trinajstić information content (AvgIpc) is 2.35. The topological polar surface area (TPSA) is 66.4 Å². The van der Waals surface area contributed by atoms with Crippen LogP contribution in [0.5, 0.6) is 0 Å². The van der Waals surface area contributed by atoms with Crippen LogP contribution in [-0.4, -0.2) is 25.9 Å². The van der Waals surface area contributed by atoms with Gasteiger partial charge in [0.05, 0.1) is 5.75 Å². The first-order chi connectivity index (χ1) is 9.34. The molecule has 0 saturated heterocycles. The summed E-state index contributed by atoms with van der Waals surface area (Å²) in [4.78, 5) is 0. The number of rotatable bonds is 5. The zero-order chi connectivity index (χ0) is 15.2. The lowest BCUT2D eigenvalue weighted by Crippen LogP contribution is -2.18. The van der Waals surface area contributed by atoms with Crippen molar-refractivity contribution in [3.8, 4) is 11.8 Å². The highest BCUT2D eigenvalue weighted by Crippen LogP contribution is 2.16. The van der Waals surface area contributed by atoms with E-state index in [9.17, 15) is 8.42 Å². The molecule has 0 amide bonds. The lowest BCUT2D eigenvalue weighted by molar-refractivity contribution is 0.350. The Balaban J connectivity index is 2.81. The normalized spacial score (nSPS) is 11.1. The van der Waals surface area contributed by atoms with Crippen molar-refractivity contribution in [3.05, 3.63) is 29.3 Å². The SMILES string of the molecule is Cc1cc(NS(=O)(=O)CCC(C)C)ccc1C#CCO. The second kappa shape index (κ2) is 7.32. The minimum absolute atomic E-state index is 0.121. The summed E-state index contributed by atoms with van der Waals surface area (Å²) in [5.74, 6) is 5.86. The summed E-state index contributed by atoms with van der Waals surface area (Å²) in [5, 5.41) is 8.66. The van der Waals surface area contributed by atoms with Gasteiger partial charge in [0, 0.05) is 11.3 Å². The largest absolute Gasteiger partial charge is 0.384 e. The number of nitrogens with one attached hydrogen (secondary N) is 1. The molecule has 0 heterocycles. The van der Waals surface area contributed by atoms with Crippen LogP contribution in [0.3, 0.4) is 0 Å². The number of aliphatic hydroxyl groups excluding tert-OH is 1. The molecule has 0 saturated carbocycles. The molecule has 5 heteroatoms. The fourth-order valence-corrected chi connectivity index (χ4v) is 2.99. The molecule has 0 radical (unpaired) electrons. The van der Waals surface area contributed by atoms with Gasteiger partial charge in [0.2, 0.25) is 10.0 Å². The van der Waals surface area contributed by atoms with E-state index < -0.39 is 10.0 Å². The van der Waals surface area contributed by atoms with E-state index in [-0.39, 0.29) is 12.4 Å². The van der Waals surface area contributed by atoms with Crippen LogP contribution < -0.4 is 4.72 Å². The summed E-state index contributed by atoms with van der Waals surface area (Å²) < 4.78 is 26.4. The standard InChI is InChI=1S/C15H21NO3S/c1-12(2)8-10-20(18,19)16-15-7-6-14(5-4-9-17)13(3)11-15/h6-7,11-12,16-17H,8-10H2,1-3H3. The quantitative estimate of drug-likeness (QED) is 0.818. The van der Waals surface area contributed by atoms with Crippen molar-refractivity contribution in [2.75, 3.05) is 17.1 Å². The molecule has 0 aliphatic rings. The van der Waals surface area contributed by atoms with Gasteiger partial charge < -0.3 is 5.11 Å². The fourth-order valence-electron chi connectivity index (χ4n) is 1.62. The highest BCUT2D eigenvalue weighted by Gasteiger charge is 2.11. The van der Waals surface area contributed by atoms with Gasteiger partial charge in [-0.2, -0.15) is 0 Å². The Morgan fingerprint density at radius 1 is 1.35 bits per heavy atom. The third-order valence-corrected chi connectivity index (χ3v) is 4.09. The van der Waals surface area contributed by atoms with Crippen LogP contribution in [0.15, 0.2) is 18.2 Å². The summed E-state index contributed by atoms with van der Waals surface area (Å²) in [5.41, 5.74) is 2.19. The number of anilines is 1. The van der Waals surface area contributed by atoms with Crippen LogP contribution in [0.2, 0.25) is 0 Å². The van der Waals surface area contributed by atoms with Crippen LogP contribution in [-0.2, 0) is 10.0 Å². The third kappa shape index (κ3) is 5.64. The Labute approximate surface area is 121 Å². The summed E-state index contributed by atoms with van der Waals surface area (Å²) in [6.45, 7) is 5.65. The van der Waals surface area contributed by atoms with Crippen molar-refractivity contribution in [1.82, 2.24) is 0 Å². The molecular formula is C15H21NO3S. The first-order valence-corrected chi connectivity index (χ1v) is 8.20. The van der Waals surface area contributed by atoms with Gasteiger partial charge in [0.25, 0.3) is 0 Å². The smallest absolute Gasteiger partial charge is 0.232 e. The van der Waals surface area contributed by atoms with Gasteiger partial charge in [0.15, 0.2) is 0 Å². The molecule has 110 valence electrons. The van der Waals surface area contributed by atoms with Crippen LogP contribution >= 0.6 is 0 Å². The minimum atomic E-state index is -3.30. The van der Waals surface area contributed by atoms with E-state index in [2.05, 4.69) is 16.6 Å². The number of hydrogen-bond acceptors (Lipinski definition) is 3. The van der Waals surface area contributed by atoms with Crippen molar-refractivity contribution in [3.63, 3.8) is 0 Å². The molecule has 0 unspecified atom stereocenters. The average molecular weight is 295 g/mol. The molecular weight excluding hydrogens is 274 g/mol. The van der Waals surface area contributed by atoms with Crippen molar-refractivity contribution < 1.29 is 13.5 Å². The van der Waals surface area contributed by atoms with Crippen molar-refractivity contribution >= 4 is 15.7 Å². The van der Waals surface area contributed by atoms with Crippen molar-refractivity contribution in [1.29, 1.82) is 0 Å². The Kier molecular flexibility index (Phi) is 6.05. The molecule has 0 fully saturated rings. The molecule has 0 atom stereocenters. The second-order valence-electron chi connectivity index (χ2n) is 5.09. The first kappa shape index (κ1) is 16.5. The maximum absolute atomic E-state index is 11.9. The van der Waals surface area contributed by atoms with Crippen LogP contribution in [0.1, 0.15) is 31.4 Å². The first-order valence-electron chi connectivity index (χ1n) is 6.55. The lowest BCUT2D eigenvalue weighted by atomic mass is 10.1. The minimum Gasteiger partial charge on any atom is -0.384 e. The third-order valence-electron chi connectivity index (χ3n) is 2.77. The van der Waals surface area contributed by atoms with E-state index in [4.69, 9.17) is 5.11 Å². The zero-order valence-corrected chi connectivity index (χ0v) is 12.9. The van der Waals surface area contributed by atoms with Crippen LogP contribution in [0.4, 0.5) is 5.69 Å². The van der Waals surface area contributed by atoms with E-state index in [1.165, 1.54) is 0 Å². The predicted molar refractivity (Wildman–Crippen MR) is 82.0 cm³/mol. The van der Waals surface area contributed by atoms with Crippen molar-refractivity contribution in [2.24, 2.45) is 5.92 Å². The van der Waals surface area contributed by atoms with Gasteiger partial charge >= 0.3 is 0 Å². The van der Waals surface area contributed by atoms with Gasteiger partial charge in [-0.1, -0.05) is 25.7 Å². The Hall–Kier alpha value is -1.51. The second-order valence-corrected chi connectivity index (χ2v) is 6.93. The summed E-state index contributed by atoms with van der Waals surface area (Å²) in [7, 11) is -3.30. The predicted octanol–water partition coefficient (Wildman–Crippen LogP) is 2.13. The van der Waals surface area contributed by atoms with E-state index >= 15 is 0 Å². The Morgan fingerprint density at radius 2 is 2.05 bits per heavy atom. The molecule has 1 aromatic carbocycles. The molecule has 0 bridgehead atoms. The number of aliphatic hydroxyl groups is 1. The van der Waals surface area contributed by atoms with Crippen LogP contribution in [0.25, 0.3) is 0 Å². The summed E-state index contributed by atoms with van der Waals surface area (Å²) in [6.07, 6.45) is 0.633. The zero-order valence-electron chi connectivity index (χ0n) is 12.1. The number of benzene rings is 1. The summed E-state index contributed by atoms with van der Waals surface area (Å²) >= 11 is 0. The highest BCUT2D eigenvalue weighted by atomic mass is 32.2. The Bertz CT molecular complexity index is 610. The van der Waals surface area contributed by atoms with E-state index in [0.29, 0.717) is 18.0 Å². The maximum atomic E-state index is 11.9. The number of hydrogen-bond donors (Lipinski definition) is 2. The number of sulfonamides is 1. The summed E-state index contributed by atoms with van der Waals surface area (Å²) in [6, 6.07) is 5.17. The molecule has 0 aromatic heterocycles. The molecule has 4 nitrogen and oxygen atoms in total. The van der Waals surface area contributed by atoms with Crippen molar-refractivity contribution in [2.45, 2.75) is 27.2 Å². The van der Waals surface area contributed by atoms with Gasteiger partial charge in [-0.05, 0) is 43.0 Å². The molecule has 20 heavy (non-hydrogen) atoms. The van der Waals surface area contributed by atoms with E-state index in [0.717, 1.165) is 11.1 Å². The fraction of sp³-hybridized carbons (Fsp3) is 0.467. The van der Waals surface area contributed by atoms with Gasteiger partial charge in [0.1, 0.15) is 6.61 Å². The molecule has 0 spiro atoms. The number of aryl methyl sites for hydroxylation is 1. The van der Waals surface area contributed by atoms with Crippen LogP contribution in [0, 0.1) is 24.7 Å². The lowest BCUT2D eigenvalue weighted by Gasteiger charge is -2.10. The maximum Gasteiger partial charge on any atom is 0.232 e. The molecule has 0 aliphatic heterocycles. The van der Waals surface area contributed by atoms with E-state index in [1.807, 2.05) is 20.8 Å². The molecule has 2 N–H and O–H groups in total. The molecule has 0 aliphatic carbocycles. The van der Waals surface area contributed by atoms with E-state index in [1.54, 1.807) is 18.2 Å². The monoisotopic (exact) mass is 295 g/mol. The van der Waals surface area contributed by atoms with Gasteiger partial charge in [-0.25, -0.2) is 8.42 Å². The van der Waals surface area contributed by atoms with Gasteiger partial charge in [-0.3, -0.25) is 4.72 Å². The Morgan fingerprint density at radius 3 is 2.60 bits per heavy atom. The van der Waals surface area contributed by atoms with Gasteiger partial charge in [-0.15, -0.1) is 0 Å². The highest BCUT2D eigenvalue weighted by molar-refractivity contribution is 7.92. The molecule has 1 rings (SSSR count). The molecule has 1 aromatic rings.